The summed E-state index contributed by atoms with van der Waals surface area (Å²) in [7, 11) is 0. The van der Waals surface area contributed by atoms with Crippen molar-refractivity contribution >= 4 is 23.2 Å². The summed E-state index contributed by atoms with van der Waals surface area (Å²) in [6.45, 7) is 0. The van der Waals surface area contributed by atoms with Crippen LogP contribution in [0.5, 0.6) is 11.5 Å². The normalized spacial score (nSPS) is 10.4. The van der Waals surface area contributed by atoms with E-state index in [-0.39, 0.29) is 11.5 Å². The third-order valence-electron chi connectivity index (χ3n) is 2.22. The maximum absolute atomic E-state index is 9.69. The van der Waals surface area contributed by atoms with E-state index >= 15 is 0 Å². The second kappa shape index (κ2) is 4.24. The zero-order chi connectivity index (χ0) is 11.7. The molecule has 0 aliphatic rings. The van der Waals surface area contributed by atoms with Crippen LogP contribution < -0.4 is 0 Å². The zero-order valence-corrected chi connectivity index (χ0v) is 9.63. The van der Waals surface area contributed by atoms with E-state index in [0.717, 1.165) is 0 Å². The number of phenolic OH excluding ortho intramolecular Hbond substituents is 2. The second-order valence-corrected chi connectivity index (χ2v) is 4.09. The lowest BCUT2D eigenvalue weighted by Crippen LogP contribution is -1.81. The minimum Gasteiger partial charge on any atom is -0.508 e. The lowest BCUT2D eigenvalue weighted by atomic mass is 10.0. The van der Waals surface area contributed by atoms with Gasteiger partial charge in [-0.3, -0.25) is 0 Å². The molecule has 0 amide bonds. The minimum absolute atomic E-state index is 0.0435. The van der Waals surface area contributed by atoms with Crippen molar-refractivity contribution in [2.45, 2.75) is 0 Å². The SMILES string of the molecule is Oc1ccc(O)c(-c2cccc(Cl)c2Cl)c1. The van der Waals surface area contributed by atoms with Crippen LogP contribution in [-0.4, -0.2) is 10.2 Å². The number of hydrogen-bond acceptors (Lipinski definition) is 2. The molecule has 0 heterocycles. The van der Waals surface area contributed by atoms with Crippen molar-refractivity contribution in [1.29, 1.82) is 0 Å². The van der Waals surface area contributed by atoms with E-state index in [4.69, 9.17) is 23.2 Å². The van der Waals surface area contributed by atoms with Crippen molar-refractivity contribution in [3.63, 3.8) is 0 Å². The Hall–Kier alpha value is -1.38. The molecule has 2 aromatic carbocycles. The van der Waals surface area contributed by atoms with Crippen molar-refractivity contribution in [2.75, 3.05) is 0 Å². The lowest BCUT2D eigenvalue weighted by molar-refractivity contribution is 0.462. The summed E-state index contributed by atoms with van der Waals surface area (Å²) in [5, 5.41) is 19.8. The summed E-state index contributed by atoms with van der Waals surface area (Å²) in [6.07, 6.45) is 0. The van der Waals surface area contributed by atoms with Gasteiger partial charge in [-0.2, -0.15) is 0 Å². The van der Waals surface area contributed by atoms with Crippen LogP contribution in [-0.2, 0) is 0 Å². The highest BCUT2D eigenvalue weighted by Gasteiger charge is 2.11. The van der Waals surface area contributed by atoms with E-state index in [0.29, 0.717) is 21.2 Å². The fourth-order valence-corrected chi connectivity index (χ4v) is 1.85. The van der Waals surface area contributed by atoms with Gasteiger partial charge in [-0.1, -0.05) is 35.3 Å². The number of rotatable bonds is 1. The molecule has 0 aliphatic heterocycles. The molecular formula is C12H8Cl2O2. The van der Waals surface area contributed by atoms with Crippen LogP contribution in [0.3, 0.4) is 0 Å². The van der Waals surface area contributed by atoms with Gasteiger partial charge in [-0.15, -0.1) is 0 Å². The Kier molecular flexibility index (Phi) is 2.95. The van der Waals surface area contributed by atoms with Gasteiger partial charge in [0.05, 0.1) is 10.0 Å². The van der Waals surface area contributed by atoms with Gasteiger partial charge in [-0.05, 0) is 24.3 Å². The summed E-state index contributed by atoms with van der Waals surface area (Å²) < 4.78 is 0. The average Bonchev–Trinajstić information content (AvgIpc) is 2.26. The van der Waals surface area contributed by atoms with E-state index in [1.165, 1.54) is 18.2 Å². The first-order valence-corrected chi connectivity index (χ1v) is 5.31. The van der Waals surface area contributed by atoms with Crippen molar-refractivity contribution in [3.05, 3.63) is 46.4 Å². The largest absolute Gasteiger partial charge is 0.508 e. The molecule has 0 bridgehead atoms. The molecule has 2 aromatic rings. The minimum atomic E-state index is 0.0435. The van der Waals surface area contributed by atoms with Crippen molar-refractivity contribution < 1.29 is 10.2 Å². The molecule has 0 spiro atoms. The first-order valence-electron chi connectivity index (χ1n) is 4.56. The first kappa shape index (κ1) is 11.1. The Balaban J connectivity index is 2.67. The van der Waals surface area contributed by atoms with Crippen molar-refractivity contribution in [2.24, 2.45) is 0 Å². The predicted molar refractivity (Wildman–Crippen MR) is 65.2 cm³/mol. The summed E-state index contributed by atoms with van der Waals surface area (Å²) in [5.41, 5.74) is 1.04. The molecule has 0 saturated heterocycles. The number of benzene rings is 2. The highest BCUT2D eigenvalue weighted by Crippen LogP contribution is 2.39. The summed E-state index contributed by atoms with van der Waals surface area (Å²) >= 11 is 11.9. The lowest BCUT2D eigenvalue weighted by Gasteiger charge is -2.08. The van der Waals surface area contributed by atoms with E-state index in [9.17, 15) is 10.2 Å². The molecule has 0 unspecified atom stereocenters. The van der Waals surface area contributed by atoms with Crippen LogP contribution in [0.1, 0.15) is 0 Å². The van der Waals surface area contributed by atoms with Gasteiger partial charge in [0.15, 0.2) is 0 Å². The molecule has 2 N–H and O–H groups in total. The first-order chi connectivity index (χ1) is 7.59. The Morgan fingerprint density at radius 3 is 2.38 bits per heavy atom. The molecule has 0 aromatic heterocycles. The van der Waals surface area contributed by atoms with Gasteiger partial charge in [0.1, 0.15) is 11.5 Å². The molecule has 16 heavy (non-hydrogen) atoms. The molecule has 0 atom stereocenters. The van der Waals surface area contributed by atoms with Crippen LogP contribution in [0.2, 0.25) is 10.0 Å². The zero-order valence-electron chi connectivity index (χ0n) is 8.11. The third kappa shape index (κ3) is 1.94. The van der Waals surface area contributed by atoms with Gasteiger partial charge in [0, 0.05) is 11.1 Å². The molecule has 0 radical (unpaired) electrons. The molecule has 2 rings (SSSR count). The monoisotopic (exact) mass is 254 g/mol. The van der Waals surface area contributed by atoms with Gasteiger partial charge in [0.2, 0.25) is 0 Å². The molecule has 0 saturated carbocycles. The van der Waals surface area contributed by atoms with Gasteiger partial charge >= 0.3 is 0 Å². The highest BCUT2D eigenvalue weighted by atomic mass is 35.5. The fraction of sp³-hybridized carbons (Fsp3) is 0. The van der Waals surface area contributed by atoms with Gasteiger partial charge < -0.3 is 10.2 Å². The molecule has 0 aliphatic carbocycles. The Bertz CT molecular complexity index is 539. The molecule has 82 valence electrons. The van der Waals surface area contributed by atoms with Crippen molar-refractivity contribution in [1.82, 2.24) is 0 Å². The quantitative estimate of drug-likeness (QED) is 0.754. The van der Waals surface area contributed by atoms with Crippen LogP contribution in [0.25, 0.3) is 11.1 Å². The molecular weight excluding hydrogens is 247 g/mol. The van der Waals surface area contributed by atoms with E-state index < -0.39 is 0 Å². The Labute approximate surface area is 103 Å². The fourth-order valence-electron chi connectivity index (χ4n) is 1.45. The summed E-state index contributed by atoms with van der Waals surface area (Å²) in [4.78, 5) is 0. The maximum atomic E-state index is 9.69. The number of hydrogen-bond donors (Lipinski definition) is 2. The highest BCUT2D eigenvalue weighted by molar-refractivity contribution is 6.43. The average molecular weight is 255 g/mol. The third-order valence-corrected chi connectivity index (χ3v) is 3.04. The smallest absolute Gasteiger partial charge is 0.123 e. The molecule has 0 fully saturated rings. The van der Waals surface area contributed by atoms with Crippen LogP contribution in [0.4, 0.5) is 0 Å². The van der Waals surface area contributed by atoms with Gasteiger partial charge in [-0.25, -0.2) is 0 Å². The van der Waals surface area contributed by atoms with Crippen LogP contribution in [0, 0.1) is 0 Å². The van der Waals surface area contributed by atoms with Crippen LogP contribution in [0.15, 0.2) is 36.4 Å². The van der Waals surface area contributed by atoms with Crippen LogP contribution >= 0.6 is 23.2 Å². The maximum Gasteiger partial charge on any atom is 0.123 e. The summed E-state index contributed by atoms with van der Waals surface area (Å²) in [6, 6.07) is 9.36. The van der Waals surface area contributed by atoms with Gasteiger partial charge in [0.25, 0.3) is 0 Å². The van der Waals surface area contributed by atoms with E-state index in [2.05, 4.69) is 0 Å². The Morgan fingerprint density at radius 2 is 1.62 bits per heavy atom. The number of aromatic hydroxyl groups is 2. The molecule has 4 heteroatoms. The summed E-state index contributed by atoms with van der Waals surface area (Å²) in [5.74, 6) is 0.103. The standard InChI is InChI=1S/C12H8Cl2O2/c13-10-3-1-2-8(12(10)14)9-6-7(15)4-5-11(9)16/h1-6,15-16H. The van der Waals surface area contributed by atoms with Crippen molar-refractivity contribution in [3.8, 4) is 22.6 Å². The van der Waals surface area contributed by atoms with E-state index in [1.54, 1.807) is 18.2 Å². The number of phenols is 2. The second-order valence-electron chi connectivity index (χ2n) is 3.30. The topological polar surface area (TPSA) is 40.5 Å². The van der Waals surface area contributed by atoms with E-state index in [1.807, 2.05) is 0 Å². The number of halogens is 2. The molecule has 2 nitrogen and oxygen atoms in total. The Morgan fingerprint density at radius 1 is 0.875 bits per heavy atom. The predicted octanol–water partition coefficient (Wildman–Crippen LogP) is 4.07.